The lowest BCUT2D eigenvalue weighted by molar-refractivity contribution is -0.113. The van der Waals surface area contributed by atoms with E-state index in [1.807, 2.05) is 13.0 Å². The van der Waals surface area contributed by atoms with E-state index in [2.05, 4.69) is 34.9 Å². The first-order valence-electron chi connectivity index (χ1n) is 11.7. The first kappa shape index (κ1) is 24.0. The van der Waals surface area contributed by atoms with Crippen LogP contribution in [-0.2, 0) is 14.6 Å². The van der Waals surface area contributed by atoms with Crippen LogP contribution in [0, 0.1) is 6.92 Å². The van der Waals surface area contributed by atoms with Crippen LogP contribution in [0.5, 0.6) is 0 Å². The van der Waals surface area contributed by atoms with Gasteiger partial charge in [-0.2, -0.15) is 5.10 Å². The highest BCUT2D eigenvalue weighted by molar-refractivity contribution is 7.90. The number of sulfone groups is 1. The van der Waals surface area contributed by atoms with Gasteiger partial charge < -0.3 is 9.69 Å². The Morgan fingerprint density at radius 3 is 2.69 bits per heavy atom. The van der Waals surface area contributed by atoms with Gasteiger partial charge in [-0.05, 0) is 61.7 Å². The fraction of sp³-hybridized carbons (Fsp3) is 0.320. The van der Waals surface area contributed by atoms with Crippen LogP contribution in [0.3, 0.4) is 0 Å². The van der Waals surface area contributed by atoms with Gasteiger partial charge >= 0.3 is 0 Å². The molecule has 0 bridgehead atoms. The van der Waals surface area contributed by atoms with Gasteiger partial charge in [-0.15, -0.1) is 0 Å². The van der Waals surface area contributed by atoms with Gasteiger partial charge in [-0.3, -0.25) is 15.0 Å². The Balaban J connectivity index is 1.55. The molecule has 2 atom stereocenters. The zero-order valence-corrected chi connectivity index (χ0v) is 20.9. The minimum Gasteiger partial charge on any atom is -0.321 e. The number of H-pyrrole nitrogens is 1. The van der Waals surface area contributed by atoms with Crippen molar-refractivity contribution >= 4 is 38.7 Å². The number of aromatic amines is 1. The summed E-state index contributed by atoms with van der Waals surface area (Å²) < 4.78 is 24.1. The number of hydrogen-bond acceptors (Lipinski definition) is 9. The monoisotopic (exact) mass is 505 g/mol. The zero-order chi connectivity index (χ0) is 25.3. The molecule has 1 aliphatic heterocycles. The number of pyridine rings is 1. The topological polar surface area (TPSA) is 125 Å². The predicted molar refractivity (Wildman–Crippen MR) is 136 cm³/mol. The Hall–Kier alpha value is -3.70. The SMILES string of the molecule is Cc1cncc(C(C=O)N2CCCC(N(c3ccc(S(C)(=O)=O)cc3)c3ncnc4[nH]ncc34)C2)c1. The van der Waals surface area contributed by atoms with Crippen LogP contribution in [0.25, 0.3) is 11.0 Å². The number of rotatable bonds is 7. The van der Waals surface area contributed by atoms with Gasteiger partial charge in [0.1, 0.15) is 18.4 Å². The maximum absolute atomic E-state index is 12.2. The van der Waals surface area contributed by atoms with Crippen molar-refractivity contribution in [3.63, 3.8) is 0 Å². The van der Waals surface area contributed by atoms with Gasteiger partial charge in [0, 0.05) is 36.9 Å². The van der Waals surface area contributed by atoms with E-state index < -0.39 is 15.9 Å². The number of piperidine rings is 1. The molecule has 11 heteroatoms. The maximum Gasteiger partial charge on any atom is 0.175 e. The van der Waals surface area contributed by atoms with Crippen molar-refractivity contribution in [2.75, 3.05) is 24.2 Å². The first-order valence-corrected chi connectivity index (χ1v) is 13.6. The summed E-state index contributed by atoms with van der Waals surface area (Å²) in [4.78, 5) is 29.9. The number of carbonyl (C=O) groups excluding carboxylic acids is 1. The third-order valence-corrected chi connectivity index (χ3v) is 7.68. The average molecular weight is 506 g/mol. The summed E-state index contributed by atoms with van der Waals surface area (Å²) in [5.74, 6) is 0.674. The molecule has 0 amide bonds. The summed E-state index contributed by atoms with van der Waals surface area (Å²) in [7, 11) is -3.33. The third kappa shape index (κ3) is 4.71. The van der Waals surface area contributed by atoms with Crippen molar-refractivity contribution in [1.29, 1.82) is 0 Å². The van der Waals surface area contributed by atoms with E-state index in [1.165, 1.54) is 12.6 Å². The quantitative estimate of drug-likeness (QED) is 0.377. The van der Waals surface area contributed by atoms with E-state index in [0.29, 0.717) is 18.0 Å². The Morgan fingerprint density at radius 2 is 1.97 bits per heavy atom. The summed E-state index contributed by atoms with van der Waals surface area (Å²) >= 11 is 0. The van der Waals surface area contributed by atoms with Crippen LogP contribution in [0.2, 0.25) is 0 Å². The second-order valence-electron chi connectivity index (χ2n) is 9.13. The molecule has 0 spiro atoms. The molecule has 3 aromatic heterocycles. The summed E-state index contributed by atoms with van der Waals surface area (Å²) in [5.41, 5.74) is 3.29. The molecule has 5 rings (SSSR count). The van der Waals surface area contributed by atoms with Crippen molar-refractivity contribution in [3.8, 4) is 0 Å². The molecule has 1 aromatic carbocycles. The van der Waals surface area contributed by atoms with Crippen molar-refractivity contribution in [2.24, 2.45) is 0 Å². The number of fused-ring (bicyclic) bond motifs is 1. The van der Waals surface area contributed by atoms with Gasteiger partial charge in [0.25, 0.3) is 0 Å². The van der Waals surface area contributed by atoms with Crippen LogP contribution in [0.15, 0.2) is 60.1 Å². The lowest BCUT2D eigenvalue weighted by atomic mass is 9.98. The molecule has 0 saturated carbocycles. The number of carbonyl (C=O) groups is 1. The number of aldehydes is 1. The molecule has 0 aliphatic carbocycles. The Morgan fingerprint density at radius 1 is 1.17 bits per heavy atom. The Labute approximate surface area is 209 Å². The summed E-state index contributed by atoms with van der Waals surface area (Å²) in [6, 6.07) is 8.37. The summed E-state index contributed by atoms with van der Waals surface area (Å²) in [6.45, 7) is 3.35. The molecule has 1 N–H and O–H groups in total. The molecular weight excluding hydrogens is 478 g/mol. The molecule has 186 valence electrons. The number of nitrogens with zero attached hydrogens (tertiary/aromatic N) is 6. The lowest BCUT2D eigenvalue weighted by Gasteiger charge is -2.42. The largest absolute Gasteiger partial charge is 0.321 e. The number of aryl methyl sites for hydroxylation is 1. The lowest BCUT2D eigenvalue weighted by Crippen LogP contribution is -2.48. The number of benzene rings is 1. The van der Waals surface area contributed by atoms with Crippen molar-refractivity contribution in [1.82, 2.24) is 30.0 Å². The smallest absolute Gasteiger partial charge is 0.175 e. The van der Waals surface area contributed by atoms with E-state index in [1.54, 1.807) is 42.9 Å². The van der Waals surface area contributed by atoms with E-state index in [9.17, 15) is 13.2 Å². The van der Waals surface area contributed by atoms with E-state index in [-0.39, 0.29) is 10.9 Å². The van der Waals surface area contributed by atoms with Crippen molar-refractivity contribution in [2.45, 2.75) is 36.7 Å². The number of hydrogen-bond donors (Lipinski definition) is 1. The number of likely N-dealkylation sites (tertiary alicyclic amines) is 1. The van der Waals surface area contributed by atoms with Gasteiger partial charge in [-0.25, -0.2) is 18.4 Å². The van der Waals surface area contributed by atoms with Crippen molar-refractivity contribution in [3.05, 3.63) is 66.4 Å². The van der Waals surface area contributed by atoms with Crippen molar-refractivity contribution < 1.29 is 13.2 Å². The summed E-state index contributed by atoms with van der Waals surface area (Å²) in [5, 5.41) is 7.79. The van der Waals surface area contributed by atoms with Crippen LogP contribution in [0.4, 0.5) is 11.5 Å². The van der Waals surface area contributed by atoms with E-state index in [4.69, 9.17) is 0 Å². The number of nitrogens with one attached hydrogen (secondary N) is 1. The maximum atomic E-state index is 12.2. The van der Waals surface area contributed by atoms with Crippen LogP contribution < -0.4 is 4.90 Å². The molecule has 0 radical (unpaired) electrons. The molecule has 1 aliphatic rings. The fourth-order valence-electron chi connectivity index (χ4n) is 4.87. The molecule has 36 heavy (non-hydrogen) atoms. The minimum atomic E-state index is -3.33. The minimum absolute atomic E-state index is 0.0314. The summed E-state index contributed by atoms with van der Waals surface area (Å²) in [6.07, 6.45) is 10.6. The number of aromatic nitrogens is 5. The molecule has 2 unspecified atom stereocenters. The molecule has 1 fully saturated rings. The van der Waals surface area contributed by atoms with E-state index in [0.717, 1.165) is 47.9 Å². The predicted octanol–water partition coefficient (Wildman–Crippen LogP) is 3.00. The first-order chi connectivity index (χ1) is 17.3. The van der Waals surface area contributed by atoms with Crippen LogP contribution in [0.1, 0.15) is 30.0 Å². The van der Waals surface area contributed by atoms with Gasteiger partial charge in [0.05, 0.1) is 22.5 Å². The Kier molecular flexibility index (Phi) is 6.50. The normalized spacial score (nSPS) is 17.7. The standard InChI is InChI=1S/C25H27N7O3S/c1-17-10-18(12-26-11-17)23(15-33)31-9-3-4-20(14-31)32(19-5-7-21(8-6-19)36(2,34)35)25-22-13-29-30-24(22)27-16-28-25/h5-8,10-13,15-16,20,23H,3-4,9,14H2,1-2H3,(H,27,28,29,30). The van der Waals surface area contributed by atoms with Gasteiger partial charge in [0.2, 0.25) is 0 Å². The Bertz CT molecular complexity index is 1490. The third-order valence-electron chi connectivity index (χ3n) is 6.55. The molecule has 4 heterocycles. The second-order valence-corrected chi connectivity index (χ2v) is 11.1. The number of anilines is 2. The molecule has 4 aromatic rings. The van der Waals surface area contributed by atoms with E-state index >= 15 is 0 Å². The second kappa shape index (κ2) is 9.75. The van der Waals surface area contributed by atoms with Gasteiger partial charge in [0.15, 0.2) is 15.5 Å². The average Bonchev–Trinajstić information content (AvgIpc) is 3.35. The fourth-order valence-corrected chi connectivity index (χ4v) is 5.50. The highest BCUT2D eigenvalue weighted by Crippen LogP contribution is 2.35. The van der Waals surface area contributed by atoms with Crippen LogP contribution in [-0.4, -0.2) is 70.1 Å². The van der Waals surface area contributed by atoms with Gasteiger partial charge in [-0.1, -0.05) is 6.07 Å². The zero-order valence-electron chi connectivity index (χ0n) is 20.1. The van der Waals surface area contributed by atoms with Crippen LogP contribution >= 0.6 is 0 Å². The highest BCUT2D eigenvalue weighted by Gasteiger charge is 2.32. The molecule has 1 saturated heterocycles. The molecular formula is C25H27N7O3S. The highest BCUT2D eigenvalue weighted by atomic mass is 32.2. The molecule has 10 nitrogen and oxygen atoms in total.